The number of thiophene rings is 1. The fourth-order valence-electron chi connectivity index (χ4n) is 2.38. The van der Waals surface area contributed by atoms with Crippen LogP contribution in [0, 0.1) is 0 Å². The molecule has 2 atom stereocenters. The Balaban J connectivity index is 1.92. The smallest absolute Gasteiger partial charge is 0.107 e. The lowest BCUT2D eigenvalue weighted by Crippen LogP contribution is -2.51. The standard InChI is InChI=1S/C12H18BrClN2S/c1-8-4-3-5-9(2)16(8)15-7-10-6-11(13)12(14)17-10/h6,8-9,15H,3-5,7H2,1-2H3. The van der Waals surface area contributed by atoms with Gasteiger partial charge in [-0.2, -0.15) is 0 Å². The van der Waals surface area contributed by atoms with Crippen molar-refractivity contribution in [1.29, 1.82) is 0 Å². The summed E-state index contributed by atoms with van der Waals surface area (Å²) >= 11 is 11.1. The summed E-state index contributed by atoms with van der Waals surface area (Å²) in [5.41, 5.74) is 3.54. The first-order valence-corrected chi connectivity index (χ1v) is 8.02. The van der Waals surface area contributed by atoms with Gasteiger partial charge in [0.1, 0.15) is 4.34 Å². The number of piperidine rings is 1. The quantitative estimate of drug-likeness (QED) is 0.877. The van der Waals surface area contributed by atoms with Gasteiger partial charge in [-0.3, -0.25) is 0 Å². The Morgan fingerprint density at radius 3 is 2.65 bits per heavy atom. The van der Waals surface area contributed by atoms with Crippen LogP contribution in [0.5, 0.6) is 0 Å². The predicted molar refractivity (Wildman–Crippen MR) is 78.5 cm³/mol. The molecule has 96 valence electrons. The maximum absolute atomic E-state index is 6.04. The highest BCUT2D eigenvalue weighted by molar-refractivity contribution is 9.10. The van der Waals surface area contributed by atoms with E-state index in [0.29, 0.717) is 12.1 Å². The van der Waals surface area contributed by atoms with Crippen LogP contribution >= 0.6 is 38.9 Å². The van der Waals surface area contributed by atoms with Crippen LogP contribution in [-0.4, -0.2) is 17.1 Å². The lowest BCUT2D eigenvalue weighted by molar-refractivity contribution is 0.0439. The Bertz CT molecular complexity index is 353. The van der Waals surface area contributed by atoms with E-state index in [-0.39, 0.29) is 0 Å². The molecule has 1 fully saturated rings. The van der Waals surface area contributed by atoms with Gasteiger partial charge < -0.3 is 0 Å². The summed E-state index contributed by atoms with van der Waals surface area (Å²) in [5.74, 6) is 0. The number of nitrogens with zero attached hydrogens (tertiary/aromatic N) is 1. The van der Waals surface area contributed by atoms with Crippen molar-refractivity contribution in [2.45, 2.75) is 51.7 Å². The molecule has 1 N–H and O–H groups in total. The molecule has 0 spiro atoms. The summed E-state index contributed by atoms with van der Waals surface area (Å²) in [7, 11) is 0. The number of hydrogen-bond donors (Lipinski definition) is 1. The molecule has 2 heterocycles. The number of hydrazine groups is 1. The summed E-state index contributed by atoms with van der Waals surface area (Å²) < 4.78 is 1.84. The lowest BCUT2D eigenvalue weighted by Gasteiger charge is -2.39. The maximum Gasteiger partial charge on any atom is 0.107 e. The number of hydrogen-bond acceptors (Lipinski definition) is 3. The van der Waals surface area contributed by atoms with Crippen LogP contribution in [0.3, 0.4) is 0 Å². The van der Waals surface area contributed by atoms with E-state index in [4.69, 9.17) is 11.6 Å². The van der Waals surface area contributed by atoms with E-state index in [9.17, 15) is 0 Å². The van der Waals surface area contributed by atoms with Crippen LogP contribution in [0.4, 0.5) is 0 Å². The van der Waals surface area contributed by atoms with E-state index in [1.807, 2.05) is 0 Å². The summed E-state index contributed by atoms with van der Waals surface area (Å²) in [5, 5.41) is 2.39. The fourth-order valence-corrected chi connectivity index (χ4v) is 4.10. The molecule has 2 rings (SSSR count). The minimum atomic E-state index is 0.623. The van der Waals surface area contributed by atoms with Crippen molar-refractivity contribution in [3.8, 4) is 0 Å². The summed E-state index contributed by atoms with van der Waals surface area (Å²) in [4.78, 5) is 1.27. The van der Waals surface area contributed by atoms with Crippen LogP contribution < -0.4 is 5.43 Å². The average molecular weight is 338 g/mol. The van der Waals surface area contributed by atoms with Crippen LogP contribution in [0.25, 0.3) is 0 Å². The first kappa shape index (κ1) is 13.8. The molecule has 1 aliphatic heterocycles. The van der Waals surface area contributed by atoms with E-state index < -0.39 is 0 Å². The molecule has 0 amide bonds. The largest absolute Gasteiger partial charge is 0.249 e. The highest BCUT2D eigenvalue weighted by Crippen LogP contribution is 2.32. The van der Waals surface area contributed by atoms with Crippen LogP contribution in [0.15, 0.2) is 10.5 Å². The topological polar surface area (TPSA) is 15.3 Å². The molecular formula is C12H18BrClN2S. The minimum Gasteiger partial charge on any atom is -0.249 e. The molecule has 1 aromatic heterocycles. The van der Waals surface area contributed by atoms with E-state index >= 15 is 0 Å². The third kappa shape index (κ3) is 3.44. The molecule has 2 unspecified atom stereocenters. The summed E-state index contributed by atoms with van der Waals surface area (Å²) in [6.07, 6.45) is 3.91. The van der Waals surface area contributed by atoms with Crippen molar-refractivity contribution in [3.63, 3.8) is 0 Å². The van der Waals surface area contributed by atoms with E-state index in [1.165, 1.54) is 24.1 Å². The third-order valence-electron chi connectivity index (χ3n) is 3.33. The van der Waals surface area contributed by atoms with E-state index in [0.717, 1.165) is 15.4 Å². The van der Waals surface area contributed by atoms with Gasteiger partial charge >= 0.3 is 0 Å². The fraction of sp³-hybridized carbons (Fsp3) is 0.667. The maximum atomic E-state index is 6.04. The molecule has 0 bridgehead atoms. The first-order chi connectivity index (χ1) is 8.08. The van der Waals surface area contributed by atoms with Crippen molar-refractivity contribution in [2.24, 2.45) is 0 Å². The van der Waals surface area contributed by atoms with Gasteiger partial charge in [0.05, 0.1) is 0 Å². The average Bonchev–Trinajstić information content (AvgIpc) is 2.58. The Hall–Kier alpha value is 0.390. The van der Waals surface area contributed by atoms with Gasteiger partial charge in [-0.25, -0.2) is 10.4 Å². The Labute approximate surface area is 120 Å². The minimum absolute atomic E-state index is 0.623. The van der Waals surface area contributed by atoms with Crippen molar-refractivity contribution >= 4 is 38.9 Å². The Kier molecular flexibility index (Phi) is 4.89. The zero-order chi connectivity index (χ0) is 12.4. The van der Waals surface area contributed by atoms with Crippen molar-refractivity contribution < 1.29 is 0 Å². The van der Waals surface area contributed by atoms with E-state index in [1.54, 1.807) is 11.3 Å². The highest BCUT2D eigenvalue weighted by Gasteiger charge is 2.24. The third-order valence-corrected chi connectivity index (χ3v) is 5.80. The molecule has 2 nitrogen and oxygen atoms in total. The SMILES string of the molecule is CC1CCCC(C)N1NCc1cc(Br)c(Cl)s1. The molecular weight excluding hydrogens is 320 g/mol. The van der Waals surface area contributed by atoms with Crippen LogP contribution in [0.2, 0.25) is 4.34 Å². The summed E-state index contributed by atoms with van der Waals surface area (Å²) in [6, 6.07) is 3.34. The van der Waals surface area contributed by atoms with Crippen molar-refractivity contribution in [2.75, 3.05) is 0 Å². The second-order valence-corrected chi connectivity index (χ2v) is 7.30. The van der Waals surface area contributed by atoms with Gasteiger partial charge in [-0.15, -0.1) is 11.3 Å². The monoisotopic (exact) mass is 336 g/mol. The predicted octanol–water partition coefficient (Wildman–Crippen LogP) is 4.43. The lowest BCUT2D eigenvalue weighted by atomic mass is 10.00. The second kappa shape index (κ2) is 6.02. The molecule has 1 aromatic rings. The molecule has 5 heteroatoms. The zero-order valence-corrected chi connectivity index (χ0v) is 13.3. The number of rotatable bonds is 3. The van der Waals surface area contributed by atoms with Gasteiger partial charge in [-0.1, -0.05) is 18.0 Å². The Morgan fingerprint density at radius 2 is 2.12 bits per heavy atom. The normalized spacial score (nSPS) is 26.4. The van der Waals surface area contributed by atoms with Crippen molar-refractivity contribution in [1.82, 2.24) is 10.4 Å². The van der Waals surface area contributed by atoms with Crippen LogP contribution in [0.1, 0.15) is 38.0 Å². The molecule has 0 radical (unpaired) electrons. The molecule has 0 aliphatic carbocycles. The molecule has 1 aliphatic rings. The highest BCUT2D eigenvalue weighted by atomic mass is 79.9. The summed E-state index contributed by atoms with van der Waals surface area (Å²) in [6.45, 7) is 5.45. The number of halogens is 2. The van der Waals surface area contributed by atoms with Crippen molar-refractivity contribution in [3.05, 3.63) is 19.8 Å². The zero-order valence-electron chi connectivity index (χ0n) is 10.2. The van der Waals surface area contributed by atoms with Gasteiger partial charge in [0.15, 0.2) is 0 Å². The molecule has 0 saturated carbocycles. The van der Waals surface area contributed by atoms with Gasteiger partial charge in [0.2, 0.25) is 0 Å². The Morgan fingerprint density at radius 1 is 1.47 bits per heavy atom. The number of nitrogens with one attached hydrogen (secondary N) is 1. The van der Waals surface area contributed by atoms with Gasteiger partial charge in [0.25, 0.3) is 0 Å². The van der Waals surface area contributed by atoms with E-state index in [2.05, 4.69) is 46.3 Å². The van der Waals surface area contributed by atoms with Crippen LogP contribution in [-0.2, 0) is 6.54 Å². The second-order valence-electron chi connectivity index (χ2n) is 4.71. The molecule has 0 aromatic carbocycles. The first-order valence-electron chi connectivity index (χ1n) is 6.03. The van der Waals surface area contributed by atoms with Gasteiger partial charge in [-0.05, 0) is 48.7 Å². The van der Waals surface area contributed by atoms with Gasteiger partial charge in [0, 0.05) is 28.0 Å². The molecule has 1 saturated heterocycles. The molecule has 17 heavy (non-hydrogen) atoms.